The Bertz CT molecular complexity index is 639. The number of carbonyl (C=O) groups excluding carboxylic acids is 1. The van der Waals surface area contributed by atoms with E-state index in [1.807, 2.05) is 6.07 Å². The zero-order valence-electron chi connectivity index (χ0n) is 8.88. The molecule has 5 nitrogen and oxygen atoms in total. The molecule has 0 fully saturated rings. The van der Waals surface area contributed by atoms with Gasteiger partial charge in [-0.3, -0.25) is 0 Å². The maximum absolute atomic E-state index is 11.3. The van der Waals surface area contributed by atoms with Crippen LogP contribution in [0.4, 0.5) is 0 Å². The van der Waals surface area contributed by atoms with Crippen LogP contribution in [0.3, 0.4) is 0 Å². The van der Waals surface area contributed by atoms with Crippen LogP contribution in [0.25, 0.3) is 17.1 Å². The molecule has 0 aliphatic heterocycles. The van der Waals surface area contributed by atoms with Crippen molar-refractivity contribution in [1.82, 2.24) is 8.75 Å². The summed E-state index contributed by atoms with van der Waals surface area (Å²) in [6, 6.07) is 7.18. The van der Waals surface area contributed by atoms with Crippen molar-refractivity contribution in [1.29, 1.82) is 5.26 Å². The molecular formula is C11H7N3O2S. The Balaban J connectivity index is 2.54. The van der Waals surface area contributed by atoms with Gasteiger partial charge in [-0.25, -0.2) is 4.79 Å². The molecule has 0 atom stereocenters. The second-order valence-corrected chi connectivity index (χ2v) is 3.67. The second-order valence-electron chi connectivity index (χ2n) is 3.14. The lowest BCUT2D eigenvalue weighted by Gasteiger charge is -1.97. The molecule has 1 aromatic heterocycles. The van der Waals surface area contributed by atoms with Gasteiger partial charge in [-0.05, 0) is 12.1 Å². The monoisotopic (exact) mass is 245 g/mol. The Kier molecular flexibility index (Phi) is 3.12. The van der Waals surface area contributed by atoms with Gasteiger partial charge in [-0.2, -0.15) is 14.0 Å². The second kappa shape index (κ2) is 4.72. The molecule has 1 heterocycles. The minimum absolute atomic E-state index is 0.0620. The van der Waals surface area contributed by atoms with E-state index in [-0.39, 0.29) is 5.57 Å². The van der Waals surface area contributed by atoms with E-state index in [1.165, 1.54) is 13.2 Å². The Morgan fingerprint density at radius 2 is 2.35 bits per heavy atom. The van der Waals surface area contributed by atoms with Gasteiger partial charge < -0.3 is 4.74 Å². The first-order chi connectivity index (χ1) is 8.26. The van der Waals surface area contributed by atoms with Crippen LogP contribution >= 0.6 is 11.7 Å². The van der Waals surface area contributed by atoms with Gasteiger partial charge in [-0.15, -0.1) is 0 Å². The van der Waals surface area contributed by atoms with Gasteiger partial charge in [0, 0.05) is 5.56 Å². The summed E-state index contributed by atoms with van der Waals surface area (Å²) in [6.07, 6.45) is 1.45. The normalized spacial score (nSPS) is 11.2. The molecule has 0 bridgehead atoms. The van der Waals surface area contributed by atoms with Crippen molar-refractivity contribution < 1.29 is 9.53 Å². The maximum Gasteiger partial charge on any atom is 0.348 e. The molecule has 2 aromatic rings. The number of aromatic nitrogens is 2. The van der Waals surface area contributed by atoms with Crippen molar-refractivity contribution >= 4 is 34.8 Å². The molecule has 1 aromatic carbocycles. The average molecular weight is 245 g/mol. The molecule has 0 saturated carbocycles. The van der Waals surface area contributed by atoms with E-state index < -0.39 is 5.97 Å². The molecule has 2 rings (SSSR count). The number of nitriles is 1. The van der Waals surface area contributed by atoms with E-state index in [4.69, 9.17) is 5.26 Å². The van der Waals surface area contributed by atoms with E-state index in [9.17, 15) is 4.79 Å². The number of esters is 1. The molecule has 0 aliphatic carbocycles. The molecule has 0 saturated heterocycles. The summed E-state index contributed by atoms with van der Waals surface area (Å²) < 4.78 is 12.7. The highest BCUT2D eigenvalue weighted by Crippen LogP contribution is 2.19. The fourth-order valence-corrected chi connectivity index (χ4v) is 1.90. The molecule has 0 N–H and O–H groups in total. The third-order valence-corrected chi connectivity index (χ3v) is 2.69. The third kappa shape index (κ3) is 2.14. The van der Waals surface area contributed by atoms with Crippen LogP contribution in [-0.2, 0) is 9.53 Å². The predicted molar refractivity (Wildman–Crippen MR) is 63.0 cm³/mol. The summed E-state index contributed by atoms with van der Waals surface area (Å²) in [6.45, 7) is 0. The molecule has 6 heteroatoms. The van der Waals surface area contributed by atoms with E-state index >= 15 is 0 Å². The fraction of sp³-hybridized carbons (Fsp3) is 0.0909. The zero-order valence-corrected chi connectivity index (χ0v) is 9.69. The third-order valence-electron chi connectivity index (χ3n) is 2.14. The van der Waals surface area contributed by atoms with Crippen LogP contribution < -0.4 is 0 Å². The van der Waals surface area contributed by atoms with Gasteiger partial charge in [0.05, 0.1) is 18.8 Å². The van der Waals surface area contributed by atoms with E-state index in [0.29, 0.717) is 11.1 Å². The van der Waals surface area contributed by atoms with E-state index in [2.05, 4.69) is 13.5 Å². The molecule has 0 radical (unpaired) electrons. The van der Waals surface area contributed by atoms with Crippen molar-refractivity contribution in [3.05, 3.63) is 29.3 Å². The number of methoxy groups -OCH3 is 1. The summed E-state index contributed by atoms with van der Waals surface area (Å²) in [5, 5.41) is 8.86. The molecule has 84 valence electrons. The lowest BCUT2D eigenvalue weighted by molar-refractivity contribution is -0.135. The van der Waals surface area contributed by atoms with Gasteiger partial charge >= 0.3 is 5.97 Å². The van der Waals surface area contributed by atoms with Crippen LogP contribution in [-0.4, -0.2) is 21.8 Å². The van der Waals surface area contributed by atoms with Gasteiger partial charge in [0.15, 0.2) is 0 Å². The topological polar surface area (TPSA) is 75.9 Å². The molecule has 0 spiro atoms. The van der Waals surface area contributed by atoms with Gasteiger partial charge in [0.2, 0.25) is 0 Å². The van der Waals surface area contributed by atoms with Crippen LogP contribution in [0.15, 0.2) is 23.8 Å². The number of rotatable bonds is 2. The Morgan fingerprint density at radius 3 is 3.06 bits per heavy atom. The van der Waals surface area contributed by atoms with Gasteiger partial charge in [-0.1, -0.05) is 12.1 Å². The summed E-state index contributed by atoms with van der Waals surface area (Å²) in [4.78, 5) is 11.3. The SMILES string of the molecule is COC(=O)/C(C#N)=C\c1cccc2nsnc12. The first kappa shape index (κ1) is 11.2. The number of carbonyl (C=O) groups is 1. The maximum atomic E-state index is 11.3. The lowest BCUT2D eigenvalue weighted by atomic mass is 10.1. The summed E-state index contributed by atoms with van der Waals surface area (Å²) in [7, 11) is 1.23. The molecule has 0 amide bonds. The first-order valence-electron chi connectivity index (χ1n) is 4.67. The van der Waals surface area contributed by atoms with Gasteiger partial charge in [0.25, 0.3) is 0 Å². The molecule has 0 unspecified atom stereocenters. The predicted octanol–water partition coefficient (Wildman–Crippen LogP) is 1.77. The highest BCUT2D eigenvalue weighted by atomic mass is 32.1. The molecule has 0 aliphatic rings. The number of benzene rings is 1. The number of hydrogen-bond acceptors (Lipinski definition) is 6. The molecule has 17 heavy (non-hydrogen) atoms. The summed E-state index contributed by atoms with van der Waals surface area (Å²) in [5.41, 5.74) is 2.03. The smallest absolute Gasteiger partial charge is 0.348 e. The number of ether oxygens (including phenoxy) is 1. The van der Waals surface area contributed by atoms with Crippen molar-refractivity contribution in [2.75, 3.05) is 7.11 Å². The van der Waals surface area contributed by atoms with Crippen LogP contribution in [0.1, 0.15) is 5.56 Å². The minimum Gasteiger partial charge on any atom is -0.465 e. The van der Waals surface area contributed by atoms with E-state index in [1.54, 1.807) is 18.2 Å². The largest absolute Gasteiger partial charge is 0.465 e. The van der Waals surface area contributed by atoms with Crippen molar-refractivity contribution in [3.63, 3.8) is 0 Å². The van der Waals surface area contributed by atoms with Crippen LogP contribution in [0.2, 0.25) is 0 Å². The first-order valence-corrected chi connectivity index (χ1v) is 5.40. The Labute approximate surface area is 101 Å². The lowest BCUT2D eigenvalue weighted by Crippen LogP contribution is -2.02. The van der Waals surface area contributed by atoms with Crippen molar-refractivity contribution in [2.24, 2.45) is 0 Å². The number of fused-ring (bicyclic) bond motifs is 1. The standard InChI is InChI=1S/C11H7N3O2S/c1-16-11(15)8(6-12)5-7-3-2-4-9-10(7)14-17-13-9/h2-5H,1H3/b8-5-. The Morgan fingerprint density at radius 1 is 1.53 bits per heavy atom. The molecular weight excluding hydrogens is 238 g/mol. The number of hydrogen-bond donors (Lipinski definition) is 0. The summed E-state index contributed by atoms with van der Waals surface area (Å²) >= 11 is 1.09. The quantitative estimate of drug-likeness (QED) is 0.458. The number of nitrogens with zero attached hydrogens (tertiary/aromatic N) is 3. The zero-order chi connectivity index (χ0) is 12.3. The highest BCUT2D eigenvalue weighted by Gasteiger charge is 2.10. The van der Waals surface area contributed by atoms with Crippen molar-refractivity contribution in [2.45, 2.75) is 0 Å². The van der Waals surface area contributed by atoms with Crippen LogP contribution in [0.5, 0.6) is 0 Å². The summed E-state index contributed by atoms with van der Waals surface area (Å²) in [5.74, 6) is -0.660. The average Bonchev–Trinajstić information content (AvgIpc) is 2.83. The van der Waals surface area contributed by atoms with Crippen molar-refractivity contribution in [3.8, 4) is 6.07 Å². The highest BCUT2D eigenvalue weighted by molar-refractivity contribution is 7.00. The minimum atomic E-state index is -0.660. The van der Waals surface area contributed by atoms with Gasteiger partial charge in [0.1, 0.15) is 22.7 Å². The Hall–Kier alpha value is -2.26. The van der Waals surface area contributed by atoms with E-state index in [0.717, 1.165) is 17.2 Å². The van der Waals surface area contributed by atoms with Crippen LogP contribution in [0, 0.1) is 11.3 Å². The fourth-order valence-electron chi connectivity index (χ4n) is 1.35.